The lowest BCUT2D eigenvalue weighted by atomic mass is 9.91. The van der Waals surface area contributed by atoms with Gasteiger partial charge in [-0.3, -0.25) is 9.59 Å². The van der Waals surface area contributed by atoms with E-state index in [4.69, 9.17) is 4.42 Å². The van der Waals surface area contributed by atoms with E-state index in [1.807, 2.05) is 0 Å². The standard InChI is InChI=1S/C15H6BrNO3S/c16-9-5-6-20-13(9)15-17-10-11(18)7-3-1-2-4-8(7)12(19)14(10)21-15/h1-6H. The van der Waals surface area contributed by atoms with Crippen molar-refractivity contribution in [3.63, 3.8) is 0 Å². The summed E-state index contributed by atoms with van der Waals surface area (Å²) in [6.45, 7) is 0. The van der Waals surface area contributed by atoms with Crippen molar-refractivity contribution in [3.8, 4) is 10.8 Å². The van der Waals surface area contributed by atoms with Crippen LogP contribution in [0, 0.1) is 0 Å². The molecule has 4 rings (SSSR count). The molecule has 0 unspecified atom stereocenters. The van der Waals surface area contributed by atoms with Crippen molar-refractivity contribution in [2.24, 2.45) is 0 Å². The Labute approximate surface area is 131 Å². The van der Waals surface area contributed by atoms with Gasteiger partial charge in [0, 0.05) is 11.1 Å². The van der Waals surface area contributed by atoms with Gasteiger partial charge >= 0.3 is 0 Å². The summed E-state index contributed by atoms with van der Waals surface area (Å²) in [5, 5.41) is 0.520. The number of hydrogen-bond acceptors (Lipinski definition) is 5. The second kappa shape index (κ2) is 4.47. The summed E-state index contributed by atoms with van der Waals surface area (Å²) in [5.74, 6) is 0.149. The predicted molar refractivity (Wildman–Crippen MR) is 80.8 cm³/mol. The number of halogens is 1. The van der Waals surface area contributed by atoms with Gasteiger partial charge in [0.15, 0.2) is 10.8 Å². The maximum Gasteiger partial charge on any atom is 0.213 e. The third kappa shape index (κ3) is 1.76. The molecule has 3 aromatic rings. The van der Waals surface area contributed by atoms with Crippen LogP contribution in [-0.4, -0.2) is 16.6 Å². The number of aromatic nitrogens is 1. The molecular formula is C15H6BrNO3S. The number of furan rings is 1. The molecule has 0 aliphatic heterocycles. The first kappa shape index (κ1) is 12.7. The molecule has 102 valence electrons. The van der Waals surface area contributed by atoms with Crippen molar-refractivity contribution in [2.45, 2.75) is 0 Å². The van der Waals surface area contributed by atoms with Crippen LogP contribution < -0.4 is 0 Å². The van der Waals surface area contributed by atoms with Crippen LogP contribution in [0.1, 0.15) is 31.3 Å². The number of carbonyl (C=O) groups is 2. The number of ketones is 2. The number of rotatable bonds is 1. The Morgan fingerprint density at radius 3 is 2.43 bits per heavy atom. The van der Waals surface area contributed by atoms with Gasteiger partial charge < -0.3 is 4.42 Å². The van der Waals surface area contributed by atoms with Gasteiger partial charge in [-0.15, -0.1) is 11.3 Å². The number of carbonyl (C=O) groups excluding carboxylic acids is 2. The molecule has 1 aliphatic carbocycles. The number of hydrogen-bond donors (Lipinski definition) is 0. The third-order valence-corrected chi connectivity index (χ3v) is 4.95. The van der Waals surface area contributed by atoms with E-state index in [9.17, 15) is 9.59 Å². The van der Waals surface area contributed by atoms with Crippen molar-refractivity contribution in [1.82, 2.24) is 4.98 Å². The number of nitrogens with zero attached hydrogens (tertiary/aromatic N) is 1. The van der Waals surface area contributed by atoms with Crippen LogP contribution in [-0.2, 0) is 0 Å². The SMILES string of the molecule is O=C1c2ccccc2C(=O)c2sc(-c3occc3Br)nc21. The van der Waals surface area contributed by atoms with Gasteiger partial charge in [-0.05, 0) is 22.0 Å². The maximum atomic E-state index is 12.5. The highest BCUT2D eigenvalue weighted by atomic mass is 79.9. The van der Waals surface area contributed by atoms with Gasteiger partial charge in [0.25, 0.3) is 0 Å². The minimum absolute atomic E-state index is 0.161. The van der Waals surface area contributed by atoms with E-state index in [1.165, 1.54) is 17.6 Å². The third-order valence-electron chi connectivity index (χ3n) is 3.28. The van der Waals surface area contributed by atoms with E-state index in [0.717, 1.165) is 4.47 Å². The lowest BCUT2D eigenvalue weighted by molar-refractivity contribution is 0.0979. The molecule has 6 heteroatoms. The van der Waals surface area contributed by atoms with Crippen LogP contribution in [0.15, 0.2) is 45.5 Å². The molecule has 2 aromatic heterocycles. The molecular weight excluding hydrogens is 354 g/mol. The van der Waals surface area contributed by atoms with E-state index in [2.05, 4.69) is 20.9 Å². The number of fused-ring (bicyclic) bond motifs is 2. The van der Waals surface area contributed by atoms with Crippen LogP contribution in [0.4, 0.5) is 0 Å². The summed E-state index contributed by atoms with van der Waals surface area (Å²) in [4.78, 5) is 29.6. The molecule has 0 spiro atoms. The van der Waals surface area contributed by atoms with Crippen LogP contribution in [0.25, 0.3) is 10.8 Å². The monoisotopic (exact) mass is 359 g/mol. The van der Waals surface area contributed by atoms with Gasteiger partial charge in [-0.2, -0.15) is 0 Å². The molecule has 1 aliphatic rings. The van der Waals surface area contributed by atoms with Gasteiger partial charge in [0.05, 0.1) is 10.7 Å². The topological polar surface area (TPSA) is 60.2 Å². The fraction of sp³-hybridized carbons (Fsp3) is 0. The lowest BCUT2D eigenvalue weighted by Crippen LogP contribution is -2.19. The van der Waals surface area contributed by atoms with Crippen molar-refractivity contribution in [2.75, 3.05) is 0 Å². The second-order valence-corrected chi connectivity index (χ2v) is 6.35. The average molecular weight is 360 g/mol. The van der Waals surface area contributed by atoms with Crippen LogP contribution in [0.5, 0.6) is 0 Å². The molecule has 21 heavy (non-hydrogen) atoms. The zero-order valence-corrected chi connectivity index (χ0v) is 12.8. The van der Waals surface area contributed by atoms with E-state index in [1.54, 1.807) is 30.3 Å². The first-order valence-corrected chi connectivity index (χ1v) is 7.70. The van der Waals surface area contributed by atoms with Gasteiger partial charge in [-0.1, -0.05) is 24.3 Å². The van der Waals surface area contributed by atoms with E-state index in [0.29, 0.717) is 26.8 Å². The summed E-state index contributed by atoms with van der Waals surface area (Å²) >= 11 is 4.54. The minimum Gasteiger partial charge on any atom is -0.461 e. The van der Waals surface area contributed by atoms with E-state index >= 15 is 0 Å². The highest BCUT2D eigenvalue weighted by Gasteiger charge is 2.34. The molecule has 0 saturated carbocycles. The predicted octanol–water partition coefficient (Wildman–Crippen LogP) is 3.94. The Kier molecular flexibility index (Phi) is 2.70. The Bertz CT molecular complexity index is 857. The van der Waals surface area contributed by atoms with Gasteiger partial charge in [0.2, 0.25) is 11.6 Å². The molecule has 0 atom stereocenters. The van der Waals surface area contributed by atoms with E-state index in [-0.39, 0.29) is 17.3 Å². The summed E-state index contributed by atoms with van der Waals surface area (Å²) < 4.78 is 6.10. The molecule has 0 saturated heterocycles. The van der Waals surface area contributed by atoms with Crippen molar-refractivity contribution < 1.29 is 14.0 Å². The Morgan fingerprint density at radius 1 is 1.05 bits per heavy atom. The lowest BCUT2D eigenvalue weighted by Gasteiger charge is -2.11. The Hall–Kier alpha value is -2.05. The summed E-state index contributed by atoms with van der Waals surface area (Å²) in [5.41, 5.74) is 1.05. The fourth-order valence-corrected chi connectivity index (χ4v) is 3.84. The average Bonchev–Trinajstić information content (AvgIpc) is 3.11. The normalized spacial score (nSPS) is 13.2. The van der Waals surface area contributed by atoms with Crippen LogP contribution >= 0.6 is 27.3 Å². The first-order chi connectivity index (χ1) is 10.2. The molecule has 0 amide bonds. The molecule has 2 heterocycles. The largest absolute Gasteiger partial charge is 0.461 e. The quantitative estimate of drug-likeness (QED) is 0.516. The van der Waals surface area contributed by atoms with Crippen molar-refractivity contribution in [3.05, 3.63) is 62.8 Å². The van der Waals surface area contributed by atoms with Gasteiger partial charge in [0.1, 0.15) is 10.6 Å². The highest BCUT2D eigenvalue weighted by molar-refractivity contribution is 9.10. The molecule has 0 radical (unpaired) electrons. The molecule has 0 N–H and O–H groups in total. The van der Waals surface area contributed by atoms with Crippen LogP contribution in [0.2, 0.25) is 0 Å². The zero-order valence-electron chi connectivity index (χ0n) is 10.4. The Balaban J connectivity index is 1.94. The smallest absolute Gasteiger partial charge is 0.213 e. The van der Waals surface area contributed by atoms with Crippen LogP contribution in [0.3, 0.4) is 0 Å². The van der Waals surface area contributed by atoms with E-state index < -0.39 is 0 Å². The highest BCUT2D eigenvalue weighted by Crippen LogP contribution is 2.37. The molecule has 0 bridgehead atoms. The molecule has 0 fully saturated rings. The summed E-state index contributed by atoms with van der Waals surface area (Å²) in [6.07, 6.45) is 1.53. The molecule has 4 nitrogen and oxygen atoms in total. The van der Waals surface area contributed by atoms with Gasteiger partial charge in [-0.25, -0.2) is 4.98 Å². The maximum absolute atomic E-state index is 12.5. The summed E-state index contributed by atoms with van der Waals surface area (Å²) in [6, 6.07) is 8.56. The number of benzene rings is 1. The fourth-order valence-electron chi connectivity index (χ4n) is 2.30. The second-order valence-electron chi connectivity index (χ2n) is 4.50. The Morgan fingerprint density at radius 2 is 1.76 bits per heavy atom. The van der Waals surface area contributed by atoms with Crippen molar-refractivity contribution in [1.29, 1.82) is 0 Å². The number of thiazole rings is 1. The molecule has 1 aromatic carbocycles. The summed E-state index contributed by atoms with van der Waals surface area (Å²) in [7, 11) is 0. The zero-order chi connectivity index (χ0) is 14.6. The minimum atomic E-state index is -0.217. The first-order valence-electron chi connectivity index (χ1n) is 6.09. The van der Waals surface area contributed by atoms with Crippen molar-refractivity contribution >= 4 is 38.8 Å².